The molecule has 2 aliphatic heterocycles. The molecule has 3 rings (SSSR count). The van der Waals surface area contributed by atoms with E-state index in [1.165, 1.54) is 0 Å². The topological polar surface area (TPSA) is 77.2 Å². The van der Waals surface area contributed by atoms with Gasteiger partial charge in [0, 0.05) is 32.6 Å². The van der Waals surface area contributed by atoms with Crippen LogP contribution >= 0.6 is 0 Å². The predicted octanol–water partition coefficient (Wildman–Crippen LogP) is 0.894. The Morgan fingerprint density at radius 2 is 2.11 bits per heavy atom. The highest BCUT2D eigenvalue weighted by atomic mass is 16.5. The summed E-state index contributed by atoms with van der Waals surface area (Å²) in [7, 11) is 0. The molecule has 1 N–H and O–H groups in total. The van der Waals surface area contributed by atoms with Crippen molar-refractivity contribution < 1.29 is 14.6 Å². The molecule has 1 fully saturated rings. The summed E-state index contributed by atoms with van der Waals surface area (Å²) in [6.45, 7) is 2.17. The summed E-state index contributed by atoms with van der Waals surface area (Å²) in [5.41, 5.74) is 0. The minimum absolute atomic E-state index is 0.295. The summed E-state index contributed by atoms with van der Waals surface area (Å²) in [5, 5.41) is 17.6. The minimum Gasteiger partial charge on any atom is -0.481 e. The molecular weight excluding hydrogens is 246 g/mol. The van der Waals surface area contributed by atoms with Gasteiger partial charge in [-0.1, -0.05) is 0 Å². The summed E-state index contributed by atoms with van der Waals surface area (Å²) in [6.07, 6.45) is 4.40. The molecule has 1 atom stereocenters. The first-order valence-corrected chi connectivity index (χ1v) is 6.95. The maximum absolute atomic E-state index is 11.1. The Hall–Kier alpha value is -1.43. The van der Waals surface area contributed by atoms with Gasteiger partial charge in [-0.3, -0.25) is 4.79 Å². The Labute approximate surface area is 111 Å². The molecule has 3 heterocycles. The summed E-state index contributed by atoms with van der Waals surface area (Å²) < 4.78 is 7.39. The number of nitrogens with zero attached hydrogens (tertiary/aromatic N) is 3. The van der Waals surface area contributed by atoms with Gasteiger partial charge in [0.05, 0.1) is 5.92 Å². The van der Waals surface area contributed by atoms with Crippen molar-refractivity contribution in [3.05, 3.63) is 11.6 Å². The zero-order valence-corrected chi connectivity index (χ0v) is 10.9. The lowest BCUT2D eigenvalue weighted by Gasteiger charge is -2.24. The number of ether oxygens (including phenoxy) is 1. The second-order valence-corrected chi connectivity index (χ2v) is 5.48. The van der Waals surface area contributed by atoms with Gasteiger partial charge in [-0.05, 0) is 25.2 Å². The van der Waals surface area contributed by atoms with Crippen molar-refractivity contribution in [2.75, 3.05) is 13.2 Å². The standard InChI is InChI=1S/C13H19N3O3/c17-13(18)10-1-2-11-14-15-12(16(11)8-10)7-9-3-5-19-6-4-9/h9-10H,1-8H2,(H,17,18). The fraction of sp³-hybridized carbons (Fsp3) is 0.769. The fourth-order valence-electron chi connectivity index (χ4n) is 2.94. The third kappa shape index (κ3) is 2.63. The minimum atomic E-state index is -0.712. The number of carbonyl (C=O) groups is 1. The Balaban J connectivity index is 1.73. The van der Waals surface area contributed by atoms with Crippen LogP contribution in [0.4, 0.5) is 0 Å². The Kier molecular flexibility index (Phi) is 3.50. The van der Waals surface area contributed by atoms with E-state index < -0.39 is 5.97 Å². The van der Waals surface area contributed by atoms with Crippen LogP contribution < -0.4 is 0 Å². The second kappa shape index (κ2) is 5.28. The Morgan fingerprint density at radius 1 is 1.32 bits per heavy atom. The lowest BCUT2D eigenvalue weighted by atomic mass is 9.95. The van der Waals surface area contributed by atoms with E-state index in [0.29, 0.717) is 18.9 Å². The molecule has 6 nitrogen and oxygen atoms in total. The van der Waals surface area contributed by atoms with Crippen LogP contribution in [0.2, 0.25) is 0 Å². The first-order valence-electron chi connectivity index (χ1n) is 6.95. The van der Waals surface area contributed by atoms with Crippen LogP contribution in [0.1, 0.15) is 30.9 Å². The molecule has 6 heteroatoms. The SMILES string of the molecule is O=C(O)C1CCc2nnc(CC3CCOCC3)n2C1. The van der Waals surface area contributed by atoms with Gasteiger partial charge in [-0.15, -0.1) is 10.2 Å². The van der Waals surface area contributed by atoms with Gasteiger partial charge >= 0.3 is 5.97 Å². The summed E-state index contributed by atoms with van der Waals surface area (Å²) in [4.78, 5) is 11.1. The Bertz CT molecular complexity index is 466. The monoisotopic (exact) mass is 265 g/mol. The summed E-state index contributed by atoms with van der Waals surface area (Å²) >= 11 is 0. The highest BCUT2D eigenvalue weighted by Crippen LogP contribution is 2.24. The average Bonchev–Trinajstić information content (AvgIpc) is 2.82. The Morgan fingerprint density at radius 3 is 2.84 bits per heavy atom. The maximum Gasteiger partial charge on any atom is 0.308 e. The number of hydrogen-bond acceptors (Lipinski definition) is 4. The molecule has 1 unspecified atom stereocenters. The van der Waals surface area contributed by atoms with Gasteiger partial charge in [0.25, 0.3) is 0 Å². The van der Waals surface area contributed by atoms with E-state index in [1.807, 2.05) is 4.57 Å². The molecule has 0 radical (unpaired) electrons. The zero-order valence-electron chi connectivity index (χ0n) is 10.9. The van der Waals surface area contributed by atoms with E-state index in [9.17, 15) is 4.79 Å². The van der Waals surface area contributed by atoms with Gasteiger partial charge in [0.2, 0.25) is 0 Å². The van der Waals surface area contributed by atoms with E-state index in [-0.39, 0.29) is 5.92 Å². The number of fused-ring (bicyclic) bond motifs is 1. The third-order valence-electron chi connectivity index (χ3n) is 4.18. The second-order valence-electron chi connectivity index (χ2n) is 5.48. The highest BCUT2D eigenvalue weighted by Gasteiger charge is 2.28. The van der Waals surface area contributed by atoms with E-state index in [1.54, 1.807) is 0 Å². The third-order valence-corrected chi connectivity index (χ3v) is 4.18. The molecule has 0 aliphatic carbocycles. The van der Waals surface area contributed by atoms with Gasteiger partial charge < -0.3 is 14.4 Å². The average molecular weight is 265 g/mol. The van der Waals surface area contributed by atoms with Crippen LogP contribution in [-0.2, 0) is 28.9 Å². The molecule has 0 bridgehead atoms. The van der Waals surface area contributed by atoms with E-state index in [2.05, 4.69) is 10.2 Å². The van der Waals surface area contributed by atoms with Crippen LogP contribution in [0.5, 0.6) is 0 Å². The van der Waals surface area contributed by atoms with Crippen molar-refractivity contribution in [3.8, 4) is 0 Å². The first-order chi connectivity index (χ1) is 9.24. The zero-order chi connectivity index (χ0) is 13.2. The molecule has 19 heavy (non-hydrogen) atoms. The lowest BCUT2D eigenvalue weighted by molar-refractivity contribution is -0.142. The van der Waals surface area contributed by atoms with Crippen molar-refractivity contribution in [2.45, 2.75) is 38.6 Å². The first kappa shape index (κ1) is 12.6. The van der Waals surface area contributed by atoms with Crippen molar-refractivity contribution in [1.82, 2.24) is 14.8 Å². The van der Waals surface area contributed by atoms with Crippen LogP contribution in [0, 0.1) is 11.8 Å². The normalized spacial score (nSPS) is 24.1. The van der Waals surface area contributed by atoms with Crippen molar-refractivity contribution in [1.29, 1.82) is 0 Å². The number of hydrogen-bond donors (Lipinski definition) is 1. The van der Waals surface area contributed by atoms with Crippen LogP contribution in [0.3, 0.4) is 0 Å². The maximum atomic E-state index is 11.1. The predicted molar refractivity (Wildman–Crippen MR) is 66.7 cm³/mol. The van der Waals surface area contributed by atoms with Crippen molar-refractivity contribution >= 4 is 5.97 Å². The van der Waals surface area contributed by atoms with Crippen molar-refractivity contribution in [3.63, 3.8) is 0 Å². The molecule has 0 aromatic carbocycles. The largest absolute Gasteiger partial charge is 0.481 e. The number of carboxylic acids is 1. The van der Waals surface area contributed by atoms with Crippen molar-refractivity contribution in [2.24, 2.45) is 11.8 Å². The summed E-state index contributed by atoms with van der Waals surface area (Å²) in [6, 6.07) is 0. The number of carboxylic acid groups (broad SMARTS) is 1. The highest BCUT2D eigenvalue weighted by molar-refractivity contribution is 5.70. The van der Waals surface area contributed by atoms with Crippen LogP contribution in [0.25, 0.3) is 0 Å². The number of aromatic nitrogens is 3. The fourth-order valence-corrected chi connectivity index (χ4v) is 2.94. The van der Waals surface area contributed by atoms with Gasteiger partial charge in [0.1, 0.15) is 11.6 Å². The van der Waals surface area contributed by atoms with E-state index in [0.717, 1.165) is 50.5 Å². The quantitative estimate of drug-likeness (QED) is 0.878. The number of rotatable bonds is 3. The lowest BCUT2D eigenvalue weighted by Crippen LogP contribution is -2.28. The molecule has 0 amide bonds. The van der Waals surface area contributed by atoms with Gasteiger partial charge in [-0.25, -0.2) is 0 Å². The van der Waals surface area contributed by atoms with E-state index in [4.69, 9.17) is 9.84 Å². The van der Waals surface area contributed by atoms with E-state index >= 15 is 0 Å². The van der Waals surface area contributed by atoms with Gasteiger partial charge in [-0.2, -0.15) is 0 Å². The molecule has 104 valence electrons. The summed E-state index contributed by atoms with van der Waals surface area (Å²) in [5.74, 6) is 1.48. The molecule has 0 spiro atoms. The number of aryl methyl sites for hydroxylation is 1. The van der Waals surface area contributed by atoms with Gasteiger partial charge in [0.15, 0.2) is 0 Å². The molecule has 1 saturated heterocycles. The van der Waals surface area contributed by atoms with Crippen LogP contribution in [0.15, 0.2) is 0 Å². The number of aliphatic carboxylic acids is 1. The molecule has 1 aromatic heterocycles. The molecular formula is C13H19N3O3. The molecule has 0 saturated carbocycles. The van der Waals surface area contributed by atoms with Crippen LogP contribution in [-0.4, -0.2) is 39.1 Å². The molecule has 2 aliphatic rings. The molecule has 1 aromatic rings. The smallest absolute Gasteiger partial charge is 0.308 e.